The van der Waals surface area contributed by atoms with Crippen molar-refractivity contribution in [2.75, 3.05) is 13.1 Å². The average Bonchev–Trinajstić information content (AvgIpc) is 2.92. The molecule has 0 N–H and O–H groups in total. The van der Waals surface area contributed by atoms with Gasteiger partial charge < -0.3 is 18.8 Å². The lowest BCUT2D eigenvalue weighted by molar-refractivity contribution is -0.274. The van der Waals surface area contributed by atoms with E-state index in [0.29, 0.717) is 18.8 Å². The quantitative estimate of drug-likeness (QED) is 0.836. The molecule has 0 unspecified atom stereocenters. The predicted molar refractivity (Wildman–Crippen MR) is 74.5 cm³/mol. The highest BCUT2D eigenvalue weighted by molar-refractivity contribution is 5.92. The molecule has 24 heavy (non-hydrogen) atoms. The highest BCUT2D eigenvalue weighted by Crippen LogP contribution is 2.25. The van der Waals surface area contributed by atoms with E-state index in [0.717, 1.165) is 18.6 Å². The van der Waals surface area contributed by atoms with Gasteiger partial charge in [0, 0.05) is 13.1 Å². The third-order valence-corrected chi connectivity index (χ3v) is 3.33. The minimum atomic E-state index is -4.74. The minimum Gasteiger partial charge on any atom is -0.484 e. The fourth-order valence-electron chi connectivity index (χ4n) is 2.04. The Morgan fingerprint density at radius 3 is 2.46 bits per heavy atom. The highest BCUT2D eigenvalue weighted by Gasteiger charge is 2.31. The molecular formula is C15H13F3N2O4. The van der Waals surface area contributed by atoms with Crippen LogP contribution in [0.15, 0.2) is 34.9 Å². The number of ether oxygens (including phenoxy) is 2. The number of hydrogen-bond donors (Lipinski definition) is 0. The van der Waals surface area contributed by atoms with Crippen LogP contribution in [0.2, 0.25) is 0 Å². The van der Waals surface area contributed by atoms with E-state index in [1.54, 1.807) is 4.90 Å². The molecule has 1 aromatic heterocycles. The summed E-state index contributed by atoms with van der Waals surface area (Å²) in [7, 11) is 0. The summed E-state index contributed by atoms with van der Waals surface area (Å²) in [6.45, 7) is 1.38. The lowest BCUT2D eigenvalue weighted by atomic mass is 10.2. The summed E-state index contributed by atoms with van der Waals surface area (Å²) in [5.41, 5.74) is 0.210. The number of carbonyl (C=O) groups excluding carboxylic acids is 1. The smallest absolute Gasteiger partial charge is 0.484 e. The van der Waals surface area contributed by atoms with Gasteiger partial charge >= 0.3 is 6.36 Å². The summed E-state index contributed by atoms with van der Waals surface area (Å²) in [5.74, 6) is -0.00820. The second-order valence-electron chi connectivity index (χ2n) is 5.08. The fraction of sp³-hybridized carbons (Fsp3) is 0.333. The monoisotopic (exact) mass is 342 g/mol. The molecule has 3 rings (SSSR count). The number of benzene rings is 1. The predicted octanol–water partition coefficient (Wildman–Crippen LogP) is 3.00. The number of oxazole rings is 1. The van der Waals surface area contributed by atoms with Gasteiger partial charge in [-0.05, 0) is 30.7 Å². The number of rotatable bonds is 5. The molecule has 0 saturated carbocycles. The summed E-state index contributed by atoms with van der Waals surface area (Å²) in [5, 5.41) is 0. The second kappa shape index (κ2) is 6.42. The van der Waals surface area contributed by atoms with Crippen LogP contribution >= 0.6 is 0 Å². The van der Waals surface area contributed by atoms with Gasteiger partial charge in [-0.1, -0.05) is 0 Å². The van der Waals surface area contributed by atoms with Crippen LogP contribution in [0.4, 0.5) is 13.2 Å². The molecule has 1 saturated heterocycles. The largest absolute Gasteiger partial charge is 0.573 e. The van der Waals surface area contributed by atoms with Crippen LogP contribution in [-0.4, -0.2) is 35.2 Å². The van der Waals surface area contributed by atoms with E-state index in [1.165, 1.54) is 18.4 Å². The zero-order valence-corrected chi connectivity index (χ0v) is 12.4. The number of aromatic nitrogens is 1. The van der Waals surface area contributed by atoms with Gasteiger partial charge in [0.2, 0.25) is 5.89 Å². The molecule has 0 bridgehead atoms. The van der Waals surface area contributed by atoms with Crippen molar-refractivity contribution in [1.29, 1.82) is 0 Å². The molecule has 1 fully saturated rings. The van der Waals surface area contributed by atoms with E-state index in [1.807, 2.05) is 0 Å². The van der Waals surface area contributed by atoms with E-state index in [2.05, 4.69) is 9.72 Å². The number of alkyl halides is 3. The van der Waals surface area contributed by atoms with Gasteiger partial charge in [0.25, 0.3) is 5.91 Å². The number of carbonyl (C=O) groups is 1. The first-order valence-electron chi connectivity index (χ1n) is 7.13. The van der Waals surface area contributed by atoms with Crippen molar-refractivity contribution in [3.05, 3.63) is 42.1 Å². The maximum absolute atomic E-state index is 12.1. The molecule has 1 aromatic carbocycles. The van der Waals surface area contributed by atoms with Crippen molar-refractivity contribution in [1.82, 2.24) is 9.88 Å². The van der Waals surface area contributed by atoms with Gasteiger partial charge in [-0.15, -0.1) is 13.2 Å². The van der Waals surface area contributed by atoms with E-state index in [4.69, 9.17) is 9.15 Å². The Balaban J connectivity index is 1.54. The highest BCUT2D eigenvalue weighted by atomic mass is 19.4. The molecule has 1 amide bonds. The van der Waals surface area contributed by atoms with Gasteiger partial charge in [0.1, 0.15) is 17.8 Å². The Bertz CT molecular complexity index is 708. The van der Waals surface area contributed by atoms with Crippen LogP contribution < -0.4 is 9.47 Å². The van der Waals surface area contributed by atoms with Crippen LogP contribution in [0.25, 0.3) is 0 Å². The van der Waals surface area contributed by atoms with Crippen molar-refractivity contribution in [3.63, 3.8) is 0 Å². The lowest BCUT2D eigenvalue weighted by Gasteiger charge is -2.29. The van der Waals surface area contributed by atoms with E-state index < -0.39 is 6.36 Å². The lowest BCUT2D eigenvalue weighted by Crippen LogP contribution is -2.42. The minimum absolute atomic E-state index is 0.0489. The number of likely N-dealkylation sites (tertiary alicyclic amines) is 1. The molecule has 6 nitrogen and oxygen atoms in total. The first-order valence-corrected chi connectivity index (χ1v) is 7.13. The first kappa shape index (κ1) is 16.2. The van der Waals surface area contributed by atoms with Crippen LogP contribution in [0.3, 0.4) is 0 Å². The van der Waals surface area contributed by atoms with Crippen molar-refractivity contribution in [2.45, 2.75) is 19.4 Å². The fourth-order valence-corrected chi connectivity index (χ4v) is 2.04. The molecule has 128 valence electrons. The topological polar surface area (TPSA) is 64.8 Å². The Morgan fingerprint density at radius 2 is 1.88 bits per heavy atom. The average molecular weight is 342 g/mol. The molecular weight excluding hydrogens is 329 g/mol. The summed E-state index contributed by atoms with van der Waals surface area (Å²) in [6, 6.07) is 4.93. The molecule has 2 heterocycles. The maximum atomic E-state index is 12.1. The molecule has 9 heteroatoms. The van der Waals surface area contributed by atoms with Gasteiger partial charge in [-0.25, -0.2) is 4.98 Å². The molecule has 0 atom stereocenters. The number of nitrogens with zero attached hydrogens (tertiary/aromatic N) is 2. The van der Waals surface area contributed by atoms with E-state index in [-0.39, 0.29) is 29.8 Å². The van der Waals surface area contributed by atoms with Crippen LogP contribution in [-0.2, 0) is 6.61 Å². The maximum Gasteiger partial charge on any atom is 0.573 e. The molecule has 2 aromatic rings. The molecule has 0 radical (unpaired) electrons. The normalized spacial score (nSPS) is 14.2. The van der Waals surface area contributed by atoms with Gasteiger partial charge in [0.05, 0.1) is 0 Å². The summed E-state index contributed by atoms with van der Waals surface area (Å²) >= 11 is 0. The molecule has 0 spiro atoms. The third kappa shape index (κ3) is 3.98. The van der Waals surface area contributed by atoms with E-state index in [9.17, 15) is 18.0 Å². The van der Waals surface area contributed by atoms with Crippen LogP contribution in [0.5, 0.6) is 11.5 Å². The SMILES string of the molecule is O=C(c1coc(COc2ccc(OC(F)(F)F)cc2)n1)N1CCC1. The second-order valence-corrected chi connectivity index (χ2v) is 5.08. The number of hydrogen-bond acceptors (Lipinski definition) is 5. The van der Waals surface area contributed by atoms with Crippen LogP contribution in [0.1, 0.15) is 22.8 Å². The molecule has 1 aliphatic rings. The summed E-state index contributed by atoms with van der Waals surface area (Å²) < 4.78 is 50.5. The first-order chi connectivity index (χ1) is 11.4. The van der Waals surface area contributed by atoms with Gasteiger partial charge in [0.15, 0.2) is 12.3 Å². The third-order valence-electron chi connectivity index (χ3n) is 3.33. The summed E-state index contributed by atoms with van der Waals surface area (Å²) in [4.78, 5) is 17.6. The zero-order valence-electron chi connectivity index (χ0n) is 12.4. The Kier molecular flexibility index (Phi) is 4.32. The Morgan fingerprint density at radius 1 is 1.21 bits per heavy atom. The van der Waals surface area contributed by atoms with Gasteiger partial charge in [-0.3, -0.25) is 4.79 Å². The zero-order chi connectivity index (χ0) is 17.2. The Labute approximate surface area is 134 Å². The van der Waals surface area contributed by atoms with Crippen molar-refractivity contribution >= 4 is 5.91 Å². The van der Waals surface area contributed by atoms with Crippen molar-refractivity contribution in [2.24, 2.45) is 0 Å². The van der Waals surface area contributed by atoms with E-state index >= 15 is 0 Å². The molecule has 0 aliphatic carbocycles. The van der Waals surface area contributed by atoms with Crippen LogP contribution in [0, 0.1) is 0 Å². The summed E-state index contributed by atoms with van der Waals surface area (Å²) in [6.07, 6.45) is -2.49. The van der Waals surface area contributed by atoms with Gasteiger partial charge in [-0.2, -0.15) is 0 Å². The van der Waals surface area contributed by atoms with Crippen molar-refractivity contribution in [3.8, 4) is 11.5 Å². The molecule has 1 aliphatic heterocycles. The Hall–Kier alpha value is -2.71. The number of halogens is 3. The number of amides is 1. The standard InChI is InChI=1S/C15H13F3N2O4/c16-15(17,18)24-11-4-2-10(3-5-11)22-9-13-19-12(8-23-13)14(21)20-6-1-7-20/h2-5,8H,1,6-7,9H2. The van der Waals surface area contributed by atoms with Crippen molar-refractivity contribution < 1.29 is 31.9 Å².